The maximum Gasteiger partial charge on any atom is 0.266 e. The third-order valence-electron chi connectivity index (χ3n) is 4.43. The Labute approximate surface area is 159 Å². The first-order chi connectivity index (χ1) is 13.1. The summed E-state index contributed by atoms with van der Waals surface area (Å²) in [6.07, 6.45) is 1.57. The van der Waals surface area contributed by atoms with Crippen LogP contribution in [0, 0.1) is 11.3 Å². The summed E-state index contributed by atoms with van der Waals surface area (Å²) in [6.45, 7) is 2.53. The highest BCUT2D eigenvalue weighted by atomic mass is 16.5. The van der Waals surface area contributed by atoms with Crippen LogP contribution in [-0.4, -0.2) is 85.5 Å². The van der Waals surface area contributed by atoms with Gasteiger partial charge in [-0.15, -0.1) is 0 Å². The van der Waals surface area contributed by atoms with Crippen molar-refractivity contribution in [3.8, 4) is 11.8 Å². The van der Waals surface area contributed by atoms with Gasteiger partial charge in [-0.3, -0.25) is 4.79 Å². The van der Waals surface area contributed by atoms with E-state index in [1.807, 2.05) is 35.2 Å². The monoisotopic (exact) mass is 374 g/mol. The number of aliphatic hydroxyl groups excluding tert-OH is 2. The Morgan fingerprint density at radius 1 is 1.22 bits per heavy atom. The predicted molar refractivity (Wildman–Crippen MR) is 101 cm³/mol. The van der Waals surface area contributed by atoms with Gasteiger partial charge in [-0.25, -0.2) is 0 Å². The summed E-state index contributed by atoms with van der Waals surface area (Å²) < 4.78 is 5.41. The molecule has 0 unspecified atom stereocenters. The Kier molecular flexibility index (Phi) is 7.92. The lowest BCUT2D eigenvalue weighted by Gasteiger charge is -2.36. The molecule has 0 spiro atoms. The molecular formula is C19H26N4O4. The lowest BCUT2D eigenvalue weighted by atomic mass is 10.2. The van der Waals surface area contributed by atoms with Crippen LogP contribution >= 0.6 is 0 Å². The van der Waals surface area contributed by atoms with Crippen LogP contribution in [0.25, 0.3) is 0 Å². The molecule has 0 radical (unpaired) electrons. The number of amides is 1. The molecule has 1 saturated heterocycles. The molecule has 1 aliphatic rings. The molecule has 0 saturated carbocycles. The number of hydrogen-bond donors (Lipinski definition) is 2. The van der Waals surface area contributed by atoms with Crippen LogP contribution in [0.1, 0.15) is 0 Å². The fraction of sp³-hybridized carbons (Fsp3) is 0.474. The van der Waals surface area contributed by atoms with Gasteiger partial charge >= 0.3 is 0 Å². The molecule has 1 aromatic carbocycles. The Morgan fingerprint density at radius 3 is 2.41 bits per heavy atom. The van der Waals surface area contributed by atoms with Crippen molar-refractivity contribution < 1.29 is 19.7 Å². The van der Waals surface area contributed by atoms with Crippen molar-refractivity contribution in [1.82, 2.24) is 9.80 Å². The van der Waals surface area contributed by atoms with Crippen LogP contribution in [0.5, 0.6) is 5.75 Å². The quantitative estimate of drug-likeness (QED) is 0.489. The highest BCUT2D eigenvalue weighted by Crippen LogP contribution is 2.28. The van der Waals surface area contributed by atoms with Crippen molar-refractivity contribution >= 4 is 11.6 Å². The maximum absolute atomic E-state index is 12.5. The normalized spacial score (nSPS) is 14.7. The molecule has 27 heavy (non-hydrogen) atoms. The number of ether oxygens (including phenoxy) is 1. The van der Waals surface area contributed by atoms with E-state index in [0.29, 0.717) is 13.1 Å². The second-order valence-corrected chi connectivity index (χ2v) is 6.09. The van der Waals surface area contributed by atoms with E-state index in [1.165, 1.54) is 4.90 Å². The Balaban J connectivity index is 2.03. The SMILES string of the molecule is COc1ccccc1N1CCN(/C=C(/C#N)C(=O)N(CCO)CCO)CC1. The summed E-state index contributed by atoms with van der Waals surface area (Å²) in [5, 5.41) is 27.5. The van der Waals surface area contributed by atoms with Crippen LogP contribution in [-0.2, 0) is 4.79 Å². The number of benzene rings is 1. The molecular weight excluding hydrogens is 348 g/mol. The molecule has 8 nitrogen and oxygen atoms in total. The number of piperazine rings is 1. The van der Waals surface area contributed by atoms with Crippen molar-refractivity contribution in [1.29, 1.82) is 5.26 Å². The molecule has 8 heteroatoms. The van der Waals surface area contributed by atoms with E-state index in [2.05, 4.69) is 4.90 Å². The number of aliphatic hydroxyl groups is 2. The number of carbonyl (C=O) groups is 1. The molecule has 0 aromatic heterocycles. The molecule has 0 aliphatic carbocycles. The standard InChI is InChI=1S/C19H26N4O4/c1-27-18-5-3-2-4-17(18)22-8-6-21(7-9-22)15-16(14-20)19(26)23(10-12-24)11-13-25/h2-5,15,24-25H,6-13H2,1H3/b16-15-. The first kappa shape index (κ1) is 20.6. The number of methoxy groups -OCH3 is 1. The number of para-hydroxylation sites is 2. The first-order valence-electron chi connectivity index (χ1n) is 8.89. The summed E-state index contributed by atoms with van der Waals surface area (Å²) >= 11 is 0. The molecule has 0 atom stereocenters. The van der Waals surface area contributed by atoms with Gasteiger partial charge in [0.15, 0.2) is 0 Å². The van der Waals surface area contributed by atoms with Gasteiger partial charge in [-0.05, 0) is 12.1 Å². The minimum absolute atomic E-state index is 0.00245. The van der Waals surface area contributed by atoms with Crippen LogP contribution in [0.4, 0.5) is 5.69 Å². The molecule has 0 bridgehead atoms. The van der Waals surface area contributed by atoms with E-state index in [1.54, 1.807) is 13.3 Å². The number of anilines is 1. The van der Waals surface area contributed by atoms with Gasteiger partial charge in [0.05, 0.1) is 26.0 Å². The van der Waals surface area contributed by atoms with Crippen molar-refractivity contribution in [3.05, 3.63) is 36.0 Å². The van der Waals surface area contributed by atoms with Crippen molar-refractivity contribution in [2.24, 2.45) is 0 Å². The third-order valence-corrected chi connectivity index (χ3v) is 4.43. The fourth-order valence-electron chi connectivity index (χ4n) is 3.02. The van der Waals surface area contributed by atoms with Gasteiger partial charge in [0.1, 0.15) is 17.4 Å². The van der Waals surface area contributed by atoms with Gasteiger partial charge < -0.3 is 29.6 Å². The number of hydrogen-bond acceptors (Lipinski definition) is 7. The third kappa shape index (κ3) is 5.36. The van der Waals surface area contributed by atoms with E-state index in [-0.39, 0.29) is 31.9 Å². The molecule has 1 fully saturated rings. The van der Waals surface area contributed by atoms with Crippen LogP contribution < -0.4 is 9.64 Å². The zero-order chi connectivity index (χ0) is 19.6. The Hall–Kier alpha value is -2.76. The second kappa shape index (κ2) is 10.4. The van der Waals surface area contributed by atoms with E-state index in [4.69, 9.17) is 14.9 Å². The zero-order valence-electron chi connectivity index (χ0n) is 15.5. The lowest BCUT2D eigenvalue weighted by molar-refractivity contribution is -0.127. The van der Waals surface area contributed by atoms with Crippen molar-refractivity contribution in [3.63, 3.8) is 0 Å². The van der Waals surface area contributed by atoms with Crippen molar-refractivity contribution in [2.45, 2.75) is 0 Å². The molecule has 1 heterocycles. The number of nitriles is 1. The largest absolute Gasteiger partial charge is 0.495 e. The van der Waals surface area contributed by atoms with E-state index in [9.17, 15) is 10.1 Å². The maximum atomic E-state index is 12.5. The first-order valence-corrected chi connectivity index (χ1v) is 8.89. The number of nitrogens with zero attached hydrogens (tertiary/aromatic N) is 4. The van der Waals surface area contributed by atoms with Crippen LogP contribution in [0.2, 0.25) is 0 Å². The topological polar surface area (TPSA) is 100 Å². The predicted octanol–water partition coefficient (Wildman–Crippen LogP) is 0.0379. The van der Waals surface area contributed by atoms with Crippen LogP contribution in [0.15, 0.2) is 36.0 Å². The van der Waals surface area contributed by atoms with Gasteiger partial charge in [-0.2, -0.15) is 5.26 Å². The van der Waals surface area contributed by atoms with Gasteiger partial charge in [-0.1, -0.05) is 12.1 Å². The number of carbonyl (C=O) groups excluding carboxylic acids is 1. The molecule has 1 aromatic rings. The summed E-state index contributed by atoms with van der Waals surface area (Å²) in [6, 6.07) is 9.76. The summed E-state index contributed by atoms with van der Waals surface area (Å²) in [5.74, 6) is 0.339. The smallest absolute Gasteiger partial charge is 0.266 e. The van der Waals surface area contributed by atoms with E-state index in [0.717, 1.165) is 24.5 Å². The molecule has 2 N–H and O–H groups in total. The second-order valence-electron chi connectivity index (χ2n) is 6.09. The molecule has 1 amide bonds. The zero-order valence-corrected chi connectivity index (χ0v) is 15.5. The Bertz CT molecular complexity index is 687. The van der Waals surface area contributed by atoms with Gasteiger partial charge in [0.2, 0.25) is 0 Å². The average molecular weight is 374 g/mol. The van der Waals surface area contributed by atoms with Gasteiger partial charge in [0, 0.05) is 45.5 Å². The van der Waals surface area contributed by atoms with Crippen molar-refractivity contribution in [2.75, 3.05) is 64.5 Å². The van der Waals surface area contributed by atoms with Gasteiger partial charge in [0.25, 0.3) is 5.91 Å². The number of rotatable bonds is 8. The fourth-order valence-corrected chi connectivity index (χ4v) is 3.02. The molecule has 1 aliphatic heterocycles. The Morgan fingerprint density at radius 2 is 1.85 bits per heavy atom. The summed E-state index contributed by atoms with van der Waals surface area (Å²) in [5.41, 5.74) is 1.03. The molecule has 146 valence electrons. The highest BCUT2D eigenvalue weighted by molar-refractivity contribution is 5.97. The molecule has 2 rings (SSSR count). The average Bonchev–Trinajstić information content (AvgIpc) is 2.71. The van der Waals surface area contributed by atoms with Crippen LogP contribution in [0.3, 0.4) is 0 Å². The van der Waals surface area contributed by atoms with E-state index >= 15 is 0 Å². The highest BCUT2D eigenvalue weighted by Gasteiger charge is 2.22. The minimum atomic E-state index is -0.479. The summed E-state index contributed by atoms with van der Waals surface area (Å²) in [7, 11) is 1.65. The minimum Gasteiger partial charge on any atom is -0.495 e. The lowest BCUT2D eigenvalue weighted by Crippen LogP contribution is -2.45. The summed E-state index contributed by atoms with van der Waals surface area (Å²) in [4.78, 5) is 17.9. The van der Waals surface area contributed by atoms with E-state index < -0.39 is 5.91 Å².